The minimum absolute atomic E-state index is 0.134. The molecule has 1 fully saturated rings. The van der Waals surface area contributed by atoms with E-state index in [2.05, 4.69) is 11.9 Å². The number of fused-ring (bicyclic) bond motifs is 1. The molecule has 2 aromatic carbocycles. The van der Waals surface area contributed by atoms with Gasteiger partial charge >= 0.3 is 0 Å². The fourth-order valence-corrected chi connectivity index (χ4v) is 3.61. The largest absolute Gasteiger partial charge is 0.486 e. The molecule has 1 aromatic heterocycles. The van der Waals surface area contributed by atoms with Crippen LogP contribution in [0.2, 0.25) is 5.02 Å². The van der Waals surface area contributed by atoms with Crippen molar-refractivity contribution in [1.82, 2.24) is 14.5 Å². The predicted molar refractivity (Wildman–Crippen MR) is 106 cm³/mol. The number of imidazole rings is 1. The fourth-order valence-electron chi connectivity index (χ4n) is 3.49. The van der Waals surface area contributed by atoms with Gasteiger partial charge < -0.3 is 14.2 Å². The molecule has 0 bridgehead atoms. The molecule has 0 N–H and O–H groups in total. The van der Waals surface area contributed by atoms with Gasteiger partial charge in [0.25, 0.3) is 0 Å². The Morgan fingerprint density at radius 2 is 2.00 bits per heavy atom. The van der Waals surface area contributed by atoms with Crippen molar-refractivity contribution >= 4 is 28.5 Å². The van der Waals surface area contributed by atoms with Gasteiger partial charge in [-0.05, 0) is 48.7 Å². The summed E-state index contributed by atoms with van der Waals surface area (Å²) in [5, 5.41) is 0.667. The Kier molecular flexibility index (Phi) is 5.03. The average Bonchev–Trinajstić information content (AvgIpc) is 3.25. The molecule has 5 nitrogen and oxygen atoms in total. The minimum Gasteiger partial charge on any atom is -0.486 e. The van der Waals surface area contributed by atoms with E-state index in [9.17, 15) is 4.79 Å². The first-order chi connectivity index (χ1) is 13.1. The normalized spacial score (nSPS) is 16.8. The van der Waals surface area contributed by atoms with Gasteiger partial charge in [0, 0.05) is 18.1 Å². The van der Waals surface area contributed by atoms with Crippen LogP contribution in [0.3, 0.4) is 0 Å². The van der Waals surface area contributed by atoms with Gasteiger partial charge in [-0.1, -0.05) is 30.7 Å². The number of rotatable bonds is 5. The van der Waals surface area contributed by atoms with Gasteiger partial charge in [-0.15, -0.1) is 0 Å². The first kappa shape index (κ1) is 17.9. The van der Waals surface area contributed by atoms with E-state index >= 15 is 0 Å². The summed E-state index contributed by atoms with van der Waals surface area (Å²) in [7, 11) is 0. The monoisotopic (exact) mass is 383 g/mol. The van der Waals surface area contributed by atoms with E-state index in [4.69, 9.17) is 16.3 Å². The molecule has 0 saturated carbocycles. The highest BCUT2D eigenvalue weighted by atomic mass is 35.5. The molecule has 1 amide bonds. The van der Waals surface area contributed by atoms with Gasteiger partial charge in [0.2, 0.25) is 5.91 Å². The minimum atomic E-state index is 0.134. The zero-order valence-corrected chi connectivity index (χ0v) is 16.0. The maximum atomic E-state index is 12.8. The maximum absolute atomic E-state index is 12.8. The highest BCUT2D eigenvalue weighted by Crippen LogP contribution is 2.21. The molecule has 0 radical (unpaired) electrons. The van der Waals surface area contributed by atoms with Gasteiger partial charge in [-0.3, -0.25) is 4.79 Å². The fraction of sp³-hybridized carbons (Fsp3) is 0.333. The van der Waals surface area contributed by atoms with Crippen molar-refractivity contribution in [2.45, 2.75) is 26.5 Å². The second kappa shape index (κ2) is 7.61. The van der Waals surface area contributed by atoms with Crippen LogP contribution in [0.25, 0.3) is 11.0 Å². The lowest BCUT2D eigenvalue weighted by atomic mass is 10.2. The average molecular weight is 384 g/mol. The molecular weight excluding hydrogens is 362 g/mol. The Morgan fingerprint density at radius 3 is 2.74 bits per heavy atom. The summed E-state index contributed by atoms with van der Waals surface area (Å²) in [5.41, 5.74) is 1.82. The molecule has 2 heterocycles. The number of ether oxygens (including phenoxy) is 1. The number of hydrogen-bond acceptors (Lipinski definition) is 3. The van der Waals surface area contributed by atoms with Crippen LogP contribution < -0.4 is 4.74 Å². The molecule has 4 rings (SSSR count). The maximum Gasteiger partial charge on any atom is 0.242 e. The molecule has 0 spiro atoms. The predicted octanol–water partition coefficient (Wildman–Crippen LogP) is 4.14. The van der Waals surface area contributed by atoms with Gasteiger partial charge in [0.1, 0.15) is 24.7 Å². The Bertz CT molecular complexity index is 952. The van der Waals surface area contributed by atoms with E-state index in [1.807, 2.05) is 45.9 Å². The van der Waals surface area contributed by atoms with Crippen LogP contribution in [0.1, 0.15) is 19.2 Å². The summed E-state index contributed by atoms with van der Waals surface area (Å²) in [6.45, 7) is 4.43. The van der Waals surface area contributed by atoms with E-state index < -0.39 is 0 Å². The number of halogens is 1. The molecule has 1 atom stereocenters. The second-order valence-electron chi connectivity index (χ2n) is 7.08. The van der Waals surface area contributed by atoms with Crippen molar-refractivity contribution in [1.29, 1.82) is 0 Å². The third kappa shape index (κ3) is 3.93. The molecule has 3 aromatic rings. The standard InChI is InChI=1S/C21H22ClN3O2/c1-15-10-11-24(12-15)21(26)13-25-19-5-3-2-4-18(19)23-20(25)14-27-17-8-6-16(22)7-9-17/h2-9,15H,10-14H2,1H3. The van der Waals surface area contributed by atoms with Crippen LogP contribution in [0.5, 0.6) is 5.75 Å². The molecule has 0 aliphatic carbocycles. The molecule has 1 unspecified atom stereocenters. The van der Waals surface area contributed by atoms with Crippen LogP contribution in [-0.4, -0.2) is 33.4 Å². The summed E-state index contributed by atoms with van der Waals surface area (Å²) in [6.07, 6.45) is 1.07. The molecule has 140 valence electrons. The summed E-state index contributed by atoms with van der Waals surface area (Å²) >= 11 is 5.92. The first-order valence-electron chi connectivity index (χ1n) is 9.20. The lowest BCUT2D eigenvalue weighted by Crippen LogP contribution is -2.32. The van der Waals surface area contributed by atoms with Gasteiger partial charge in [-0.25, -0.2) is 4.98 Å². The second-order valence-corrected chi connectivity index (χ2v) is 7.52. The lowest BCUT2D eigenvalue weighted by molar-refractivity contribution is -0.130. The Labute approximate surface area is 163 Å². The summed E-state index contributed by atoms with van der Waals surface area (Å²) in [6, 6.07) is 15.1. The number of aromatic nitrogens is 2. The molecule has 27 heavy (non-hydrogen) atoms. The van der Waals surface area contributed by atoms with E-state index in [1.165, 1.54) is 0 Å². The number of carbonyl (C=O) groups is 1. The van der Waals surface area contributed by atoms with Gasteiger partial charge in [0.15, 0.2) is 0 Å². The van der Waals surface area contributed by atoms with E-state index in [0.717, 1.165) is 42.1 Å². The van der Waals surface area contributed by atoms with Crippen LogP contribution in [0.15, 0.2) is 48.5 Å². The highest BCUT2D eigenvalue weighted by molar-refractivity contribution is 6.30. The van der Waals surface area contributed by atoms with Crippen LogP contribution in [0, 0.1) is 5.92 Å². The molecule has 1 saturated heterocycles. The summed E-state index contributed by atoms with van der Waals surface area (Å²) in [5.74, 6) is 2.17. The molecule has 1 aliphatic heterocycles. The van der Waals surface area contributed by atoms with E-state index in [1.54, 1.807) is 12.1 Å². The smallest absolute Gasteiger partial charge is 0.242 e. The first-order valence-corrected chi connectivity index (χ1v) is 9.58. The molecule has 1 aliphatic rings. The Balaban J connectivity index is 1.57. The van der Waals surface area contributed by atoms with E-state index in [0.29, 0.717) is 17.5 Å². The van der Waals surface area contributed by atoms with E-state index in [-0.39, 0.29) is 12.5 Å². The summed E-state index contributed by atoms with van der Waals surface area (Å²) < 4.78 is 7.84. The molecular formula is C21H22ClN3O2. The van der Waals surface area contributed by atoms with Crippen molar-refractivity contribution in [2.24, 2.45) is 5.92 Å². The number of likely N-dealkylation sites (tertiary alicyclic amines) is 1. The Hall–Kier alpha value is -2.53. The Morgan fingerprint density at radius 1 is 1.22 bits per heavy atom. The van der Waals surface area contributed by atoms with Crippen LogP contribution in [-0.2, 0) is 17.9 Å². The number of nitrogens with zero attached hydrogens (tertiary/aromatic N) is 3. The number of carbonyl (C=O) groups excluding carboxylic acids is 1. The third-order valence-electron chi connectivity index (χ3n) is 4.99. The zero-order chi connectivity index (χ0) is 18.8. The lowest BCUT2D eigenvalue weighted by Gasteiger charge is -2.17. The van der Waals surface area contributed by atoms with Gasteiger partial charge in [-0.2, -0.15) is 0 Å². The SMILES string of the molecule is CC1CCN(C(=O)Cn2c(COc3ccc(Cl)cc3)nc3ccccc32)C1. The number of para-hydroxylation sites is 2. The zero-order valence-electron chi connectivity index (χ0n) is 15.3. The van der Waals surface area contributed by atoms with Crippen molar-refractivity contribution in [3.8, 4) is 5.75 Å². The molecule has 6 heteroatoms. The van der Waals surface area contributed by atoms with Crippen molar-refractivity contribution in [3.63, 3.8) is 0 Å². The van der Waals surface area contributed by atoms with Crippen LogP contribution >= 0.6 is 11.6 Å². The van der Waals surface area contributed by atoms with Crippen molar-refractivity contribution in [2.75, 3.05) is 13.1 Å². The number of benzene rings is 2. The quantitative estimate of drug-likeness (QED) is 0.665. The van der Waals surface area contributed by atoms with Gasteiger partial charge in [0.05, 0.1) is 11.0 Å². The number of amides is 1. The van der Waals surface area contributed by atoms with Crippen LogP contribution in [0.4, 0.5) is 0 Å². The van der Waals surface area contributed by atoms with Crippen molar-refractivity contribution in [3.05, 3.63) is 59.4 Å². The highest BCUT2D eigenvalue weighted by Gasteiger charge is 2.24. The third-order valence-corrected chi connectivity index (χ3v) is 5.24. The summed E-state index contributed by atoms with van der Waals surface area (Å²) in [4.78, 5) is 19.4. The number of hydrogen-bond donors (Lipinski definition) is 0. The van der Waals surface area contributed by atoms with Crippen molar-refractivity contribution < 1.29 is 9.53 Å². The topological polar surface area (TPSA) is 47.4 Å².